The van der Waals surface area contributed by atoms with Gasteiger partial charge < -0.3 is 10.5 Å². The van der Waals surface area contributed by atoms with Crippen molar-refractivity contribution in [2.24, 2.45) is 0 Å². The molecule has 0 saturated heterocycles. The molecule has 0 atom stereocenters. The minimum atomic E-state index is -0.474. The molecule has 0 saturated carbocycles. The van der Waals surface area contributed by atoms with Gasteiger partial charge in [0.2, 0.25) is 0 Å². The summed E-state index contributed by atoms with van der Waals surface area (Å²) in [5.74, 6) is -0.474. The predicted octanol–water partition coefficient (Wildman–Crippen LogP) is 3.15. The van der Waals surface area contributed by atoms with Crippen LogP contribution in [0.15, 0.2) is 42.5 Å². The van der Waals surface area contributed by atoms with E-state index in [2.05, 4.69) is 0 Å². The molecule has 4 nitrogen and oxygen atoms in total. The van der Waals surface area contributed by atoms with Gasteiger partial charge in [0.05, 0.1) is 27.9 Å². The lowest BCUT2D eigenvalue weighted by atomic mass is 10.1. The van der Waals surface area contributed by atoms with Crippen LogP contribution in [0.4, 0.5) is 5.69 Å². The number of nitrogen functional groups attached to an aromatic ring is 1. The number of esters is 1. The van der Waals surface area contributed by atoms with E-state index in [1.54, 1.807) is 36.4 Å². The Labute approximate surface area is 121 Å². The highest BCUT2D eigenvalue weighted by Crippen LogP contribution is 2.20. The number of anilines is 1. The minimum Gasteiger partial charge on any atom is -0.457 e. The minimum absolute atomic E-state index is 0.132. The number of carbonyl (C=O) groups excluding carboxylic acids is 1. The zero-order valence-corrected chi connectivity index (χ0v) is 11.2. The summed E-state index contributed by atoms with van der Waals surface area (Å²) in [4.78, 5) is 11.8. The number of hydrogen-bond donors (Lipinski definition) is 1. The zero-order chi connectivity index (χ0) is 14.5. The molecule has 0 amide bonds. The van der Waals surface area contributed by atoms with Crippen molar-refractivity contribution in [3.63, 3.8) is 0 Å². The Morgan fingerprint density at radius 1 is 1.25 bits per heavy atom. The van der Waals surface area contributed by atoms with E-state index in [9.17, 15) is 4.79 Å². The first kappa shape index (κ1) is 13.9. The normalized spacial score (nSPS) is 9.80. The van der Waals surface area contributed by atoms with Crippen LogP contribution in [-0.2, 0) is 11.3 Å². The fourth-order valence-corrected chi connectivity index (χ4v) is 1.70. The first-order valence-corrected chi connectivity index (χ1v) is 6.19. The molecule has 5 heteroatoms. The zero-order valence-electron chi connectivity index (χ0n) is 10.5. The van der Waals surface area contributed by atoms with Crippen LogP contribution in [0.1, 0.15) is 21.5 Å². The molecule has 0 radical (unpaired) electrons. The van der Waals surface area contributed by atoms with Gasteiger partial charge in [0.25, 0.3) is 0 Å². The standard InChI is InChI=1S/C15H11ClN2O2/c16-13-6-5-12(7-14(13)18)15(19)20-9-11-3-1-10(8-17)2-4-11/h1-7H,9,18H2. The fraction of sp³-hybridized carbons (Fsp3) is 0.0667. The van der Waals surface area contributed by atoms with E-state index in [1.807, 2.05) is 6.07 Å². The molecule has 0 bridgehead atoms. The Morgan fingerprint density at radius 2 is 1.95 bits per heavy atom. The summed E-state index contributed by atoms with van der Waals surface area (Å²) in [5.41, 5.74) is 7.67. The van der Waals surface area contributed by atoms with Gasteiger partial charge in [-0.2, -0.15) is 5.26 Å². The molecule has 0 unspecified atom stereocenters. The van der Waals surface area contributed by atoms with E-state index in [0.29, 0.717) is 21.8 Å². The van der Waals surface area contributed by atoms with Gasteiger partial charge in [-0.15, -0.1) is 0 Å². The highest BCUT2D eigenvalue weighted by Gasteiger charge is 2.09. The molecule has 0 fully saturated rings. The van der Waals surface area contributed by atoms with Crippen LogP contribution >= 0.6 is 11.6 Å². The molecule has 20 heavy (non-hydrogen) atoms. The number of nitriles is 1. The van der Waals surface area contributed by atoms with Gasteiger partial charge in [-0.3, -0.25) is 0 Å². The second-order valence-electron chi connectivity index (χ2n) is 4.12. The molecular weight excluding hydrogens is 276 g/mol. The van der Waals surface area contributed by atoms with E-state index in [4.69, 9.17) is 27.3 Å². The number of carbonyl (C=O) groups is 1. The van der Waals surface area contributed by atoms with Crippen molar-refractivity contribution in [1.29, 1.82) is 5.26 Å². The molecule has 2 aromatic rings. The van der Waals surface area contributed by atoms with Gasteiger partial charge in [-0.25, -0.2) is 4.79 Å². The molecule has 0 aromatic heterocycles. The number of hydrogen-bond acceptors (Lipinski definition) is 4. The first-order chi connectivity index (χ1) is 9.60. The highest BCUT2D eigenvalue weighted by atomic mass is 35.5. The van der Waals surface area contributed by atoms with Gasteiger partial charge in [-0.1, -0.05) is 23.7 Å². The van der Waals surface area contributed by atoms with Crippen molar-refractivity contribution in [3.05, 3.63) is 64.2 Å². The van der Waals surface area contributed by atoms with Gasteiger partial charge >= 0.3 is 5.97 Å². The average molecular weight is 287 g/mol. The van der Waals surface area contributed by atoms with Crippen molar-refractivity contribution in [2.45, 2.75) is 6.61 Å². The summed E-state index contributed by atoms with van der Waals surface area (Å²) in [5, 5.41) is 9.08. The molecule has 0 spiro atoms. The molecule has 100 valence electrons. The third kappa shape index (κ3) is 3.28. The lowest BCUT2D eigenvalue weighted by Crippen LogP contribution is -2.06. The maximum Gasteiger partial charge on any atom is 0.338 e. The number of rotatable bonds is 3. The highest BCUT2D eigenvalue weighted by molar-refractivity contribution is 6.33. The summed E-state index contributed by atoms with van der Waals surface area (Å²) >= 11 is 5.78. The molecule has 2 N–H and O–H groups in total. The number of nitrogens with two attached hydrogens (primary N) is 1. The molecule has 0 aliphatic rings. The lowest BCUT2D eigenvalue weighted by Gasteiger charge is -2.06. The van der Waals surface area contributed by atoms with Crippen LogP contribution in [0.3, 0.4) is 0 Å². The first-order valence-electron chi connectivity index (χ1n) is 5.81. The predicted molar refractivity (Wildman–Crippen MR) is 76.1 cm³/mol. The molecule has 2 aromatic carbocycles. The maximum absolute atomic E-state index is 11.8. The quantitative estimate of drug-likeness (QED) is 0.694. The van der Waals surface area contributed by atoms with Crippen LogP contribution in [0, 0.1) is 11.3 Å². The number of nitrogens with zero attached hydrogens (tertiary/aromatic N) is 1. The van der Waals surface area contributed by atoms with Crippen molar-refractivity contribution < 1.29 is 9.53 Å². The second kappa shape index (κ2) is 6.09. The van der Waals surface area contributed by atoms with E-state index in [-0.39, 0.29) is 6.61 Å². The molecule has 0 aliphatic heterocycles. The van der Waals surface area contributed by atoms with Crippen LogP contribution in [0.5, 0.6) is 0 Å². The maximum atomic E-state index is 11.8. The molecule has 0 heterocycles. The van der Waals surface area contributed by atoms with E-state index in [0.717, 1.165) is 5.56 Å². The SMILES string of the molecule is N#Cc1ccc(COC(=O)c2ccc(Cl)c(N)c2)cc1. The fourth-order valence-electron chi connectivity index (χ4n) is 1.58. The van der Waals surface area contributed by atoms with Crippen molar-refractivity contribution in [3.8, 4) is 6.07 Å². The molecule has 0 aliphatic carbocycles. The van der Waals surface area contributed by atoms with Crippen molar-refractivity contribution >= 4 is 23.3 Å². The summed E-state index contributed by atoms with van der Waals surface area (Å²) in [6.45, 7) is 0.132. The number of halogens is 1. The third-order valence-corrected chi connectivity index (χ3v) is 3.03. The van der Waals surface area contributed by atoms with Crippen LogP contribution in [-0.4, -0.2) is 5.97 Å². The third-order valence-electron chi connectivity index (χ3n) is 2.68. The topological polar surface area (TPSA) is 76.1 Å². The van der Waals surface area contributed by atoms with E-state index >= 15 is 0 Å². The molecule has 2 rings (SSSR count). The summed E-state index contributed by atoms with van der Waals surface area (Å²) in [7, 11) is 0. The van der Waals surface area contributed by atoms with Crippen LogP contribution < -0.4 is 5.73 Å². The smallest absolute Gasteiger partial charge is 0.338 e. The Hall–Kier alpha value is -2.51. The van der Waals surface area contributed by atoms with Gasteiger partial charge in [0, 0.05) is 0 Å². The number of benzene rings is 2. The van der Waals surface area contributed by atoms with Gasteiger partial charge in [0.15, 0.2) is 0 Å². The van der Waals surface area contributed by atoms with Crippen molar-refractivity contribution in [1.82, 2.24) is 0 Å². The Kier molecular flexibility index (Phi) is 4.24. The summed E-state index contributed by atoms with van der Waals surface area (Å²) < 4.78 is 5.16. The van der Waals surface area contributed by atoms with Gasteiger partial charge in [0.1, 0.15) is 6.61 Å². The second-order valence-corrected chi connectivity index (χ2v) is 4.53. The number of ether oxygens (including phenoxy) is 1. The van der Waals surface area contributed by atoms with E-state index < -0.39 is 5.97 Å². The van der Waals surface area contributed by atoms with Crippen LogP contribution in [0.2, 0.25) is 5.02 Å². The Morgan fingerprint density at radius 3 is 2.55 bits per heavy atom. The Bertz CT molecular complexity index is 675. The monoisotopic (exact) mass is 286 g/mol. The Balaban J connectivity index is 2.01. The van der Waals surface area contributed by atoms with Gasteiger partial charge in [-0.05, 0) is 35.9 Å². The largest absolute Gasteiger partial charge is 0.457 e. The summed E-state index contributed by atoms with van der Waals surface area (Å²) in [6.07, 6.45) is 0. The lowest BCUT2D eigenvalue weighted by molar-refractivity contribution is 0.0473. The van der Waals surface area contributed by atoms with Crippen LogP contribution in [0.25, 0.3) is 0 Å². The summed E-state index contributed by atoms with van der Waals surface area (Å²) in [6, 6.07) is 13.4. The average Bonchev–Trinajstić information content (AvgIpc) is 2.48. The van der Waals surface area contributed by atoms with Crippen molar-refractivity contribution in [2.75, 3.05) is 5.73 Å². The van der Waals surface area contributed by atoms with E-state index in [1.165, 1.54) is 6.07 Å². The molecular formula is C15H11ClN2O2.